The maximum absolute atomic E-state index is 11.6. The monoisotopic (exact) mass is 242 g/mol. The Hall–Kier alpha value is -0.570. The number of carbonyl (C=O) groups excluding carboxylic acids is 1. The molecule has 1 aliphatic carbocycles. The van der Waals surface area contributed by atoms with Gasteiger partial charge in [0.15, 0.2) is 0 Å². The van der Waals surface area contributed by atoms with Crippen LogP contribution in [0.3, 0.4) is 0 Å². The number of aliphatic hydroxyl groups excluding tert-OH is 1. The number of hydrogen-bond acceptors (Lipinski definition) is 3. The predicted octanol–water partition coefficient (Wildman–Crippen LogP) is 2.76. The molecule has 0 aromatic carbocycles. The lowest BCUT2D eigenvalue weighted by atomic mass is 9.74. The highest BCUT2D eigenvalue weighted by Gasteiger charge is 2.29. The predicted molar refractivity (Wildman–Crippen MR) is 67.6 cm³/mol. The molecule has 3 heteroatoms. The maximum atomic E-state index is 11.6. The second-order valence-electron chi connectivity index (χ2n) is 6.37. The lowest BCUT2D eigenvalue weighted by Crippen LogP contribution is -2.26. The van der Waals surface area contributed by atoms with Crippen LogP contribution in [-0.2, 0) is 9.53 Å². The molecule has 0 saturated heterocycles. The Labute approximate surface area is 105 Å². The van der Waals surface area contributed by atoms with Crippen molar-refractivity contribution in [2.45, 2.75) is 52.9 Å². The van der Waals surface area contributed by atoms with Gasteiger partial charge in [0.25, 0.3) is 0 Å². The molecule has 0 unspecified atom stereocenters. The summed E-state index contributed by atoms with van der Waals surface area (Å²) in [5.74, 6) is 0.711. The van der Waals surface area contributed by atoms with E-state index in [1.165, 1.54) is 6.42 Å². The van der Waals surface area contributed by atoms with Gasteiger partial charge in [-0.05, 0) is 43.4 Å². The van der Waals surface area contributed by atoms with Gasteiger partial charge in [-0.2, -0.15) is 0 Å². The fourth-order valence-corrected chi connectivity index (χ4v) is 2.73. The first-order chi connectivity index (χ1) is 7.92. The van der Waals surface area contributed by atoms with E-state index in [9.17, 15) is 4.79 Å². The summed E-state index contributed by atoms with van der Waals surface area (Å²) in [6, 6.07) is 0. The molecule has 0 atom stereocenters. The van der Waals surface area contributed by atoms with Crippen LogP contribution in [0.4, 0.5) is 0 Å². The highest BCUT2D eigenvalue weighted by molar-refractivity contribution is 5.72. The van der Waals surface area contributed by atoms with Crippen LogP contribution in [-0.4, -0.2) is 24.3 Å². The molecule has 0 aliphatic heterocycles. The largest absolute Gasteiger partial charge is 0.463 e. The van der Waals surface area contributed by atoms with Crippen molar-refractivity contribution in [3.63, 3.8) is 0 Å². The van der Waals surface area contributed by atoms with Crippen molar-refractivity contribution < 1.29 is 14.6 Å². The highest BCUT2D eigenvalue weighted by Crippen LogP contribution is 2.36. The van der Waals surface area contributed by atoms with Crippen LogP contribution < -0.4 is 0 Å². The van der Waals surface area contributed by atoms with Crippen molar-refractivity contribution >= 4 is 5.97 Å². The molecular formula is C14H26O3. The normalized spacial score (nSPS) is 25.6. The molecule has 0 radical (unpaired) electrons. The van der Waals surface area contributed by atoms with Crippen LogP contribution in [0.2, 0.25) is 0 Å². The zero-order valence-electron chi connectivity index (χ0n) is 11.4. The van der Waals surface area contributed by atoms with Gasteiger partial charge >= 0.3 is 5.97 Å². The van der Waals surface area contributed by atoms with E-state index in [1.54, 1.807) is 0 Å². The molecule has 3 nitrogen and oxygen atoms in total. The Kier molecular flexibility index (Phi) is 5.44. The van der Waals surface area contributed by atoms with Crippen molar-refractivity contribution in [1.29, 1.82) is 0 Å². The Bertz CT molecular complexity index is 234. The minimum Gasteiger partial charge on any atom is -0.463 e. The Morgan fingerprint density at radius 3 is 2.29 bits per heavy atom. The van der Waals surface area contributed by atoms with E-state index in [4.69, 9.17) is 9.84 Å². The second-order valence-corrected chi connectivity index (χ2v) is 6.37. The molecule has 0 aromatic rings. The van der Waals surface area contributed by atoms with Gasteiger partial charge in [-0.15, -0.1) is 0 Å². The average molecular weight is 242 g/mol. The number of rotatable bonds is 4. The third-order valence-corrected chi connectivity index (χ3v) is 3.42. The van der Waals surface area contributed by atoms with Gasteiger partial charge in [0, 0.05) is 0 Å². The first-order valence-electron chi connectivity index (χ1n) is 6.70. The zero-order chi connectivity index (χ0) is 12.9. The summed E-state index contributed by atoms with van der Waals surface area (Å²) in [6.07, 6.45) is 5.41. The average Bonchev–Trinajstić information content (AvgIpc) is 2.24. The molecule has 1 rings (SSSR count). The minimum atomic E-state index is -0.117. The number of carbonyl (C=O) groups is 1. The highest BCUT2D eigenvalue weighted by atomic mass is 16.5. The van der Waals surface area contributed by atoms with Crippen LogP contribution in [0.15, 0.2) is 0 Å². The molecule has 1 fully saturated rings. The third kappa shape index (κ3) is 5.53. The van der Waals surface area contributed by atoms with Gasteiger partial charge in [-0.1, -0.05) is 20.8 Å². The van der Waals surface area contributed by atoms with Gasteiger partial charge < -0.3 is 9.84 Å². The van der Waals surface area contributed by atoms with Crippen molar-refractivity contribution in [1.82, 2.24) is 0 Å². The zero-order valence-corrected chi connectivity index (χ0v) is 11.4. The number of esters is 1. The van der Waals surface area contributed by atoms with Crippen LogP contribution in [0, 0.1) is 17.3 Å². The molecule has 0 amide bonds. The van der Waals surface area contributed by atoms with Crippen molar-refractivity contribution in [2.75, 3.05) is 13.2 Å². The topological polar surface area (TPSA) is 46.5 Å². The molecule has 1 aliphatic rings. The SMILES string of the molecule is CC(C)(C)CC1CCC(C(=O)OCCO)CC1. The van der Waals surface area contributed by atoms with E-state index in [2.05, 4.69) is 20.8 Å². The van der Waals surface area contributed by atoms with Gasteiger partial charge in [-0.3, -0.25) is 4.79 Å². The Balaban J connectivity index is 2.28. The van der Waals surface area contributed by atoms with Crippen molar-refractivity contribution in [3.05, 3.63) is 0 Å². The quantitative estimate of drug-likeness (QED) is 0.771. The van der Waals surface area contributed by atoms with Gasteiger partial charge in [-0.25, -0.2) is 0 Å². The van der Waals surface area contributed by atoms with E-state index in [0.717, 1.165) is 31.6 Å². The summed E-state index contributed by atoms with van der Waals surface area (Å²) < 4.78 is 4.98. The number of hydrogen-bond donors (Lipinski definition) is 1. The van der Waals surface area contributed by atoms with Gasteiger partial charge in [0.2, 0.25) is 0 Å². The van der Waals surface area contributed by atoms with Crippen molar-refractivity contribution in [2.24, 2.45) is 17.3 Å². The molecule has 0 spiro atoms. The second kappa shape index (κ2) is 6.39. The summed E-state index contributed by atoms with van der Waals surface area (Å²) in [4.78, 5) is 11.6. The van der Waals surface area contributed by atoms with Crippen LogP contribution in [0.1, 0.15) is 52.9 Å². The van der Waals surface area contributed by atoms with E-state index in [1.807, 2.05) is 0 Å². The summed E-state index contributed by atoms with van der Waals surface area (Å²) in [7, 11) is 0. The summed E-state index contributed by atoms with van der Waals surface area (Å²) in [5.41, 5.74) is 0.384. The molecule has 17 heavy (non-hydrogen) atoms. The van der Waals surface area contributed by atoms with E-state index in [0.29, 0.717) is 5.41 Å². The summed E-state index contributed by atoms with van der Waals surface area (Å²) >= 11 is 0. The van der Waals surface area contributed by atoms with E-state index >= 15 is 0 Å². The van der Waals surface area contributed by atoms with E-state index in [-0.39, 0.29) is 25.1 Å². The molecule has 1 N–H and O–H groups in total. The molecule has 0 bridgehead atoms. The van der Waals surface area contributed by atoms with Gasteiger partial charge in [0.1, 0.15) is 6.61 Å². The maximum Gasteiger partial charge on any atom is 0.309 e. The smallest absolute Gasteiger partial charge is 0.309 e. The van der Waals surface area contributed by atoms with Gasteiger partial charge in [0.05, 0.1) is 12.5 Å². The lowest BCUT2D eigenvalue weighted by Gasteiger charge is -2.31. The number of ether oxygens (including phenoxy) is 1. The first-order valence-corrected chi connectivity index (χ1v) is 6.70. The molecule has 1 saturated carbocycles. The Morgan fingerprint density at radius 1 is 1.24 bits per heavy atom. The fourth-order valence-electron chi connectivity index (χ4n) is 2.73. The fraction of sp³-hybridized carbons (Fsp3) is 0.929. The molecule has 0 aromatic heterocycles. The third-order valence-electron chi connectivity index (χ3n) is 3.42. The molecule has 100 valence electrons. The summed E-state index contributed by atoms with van der Waals surface area (Å²) in [5, 5.41) is 8.61. The summed E-state index contributed by atoms with van der Waals surface area (Å²) in [6.45, 7) is 6.88. The first kappa shape index (κ1) is 14.5. The van der Waals surface area contributed by atoms with Crippen molar-refractivity contribution in [3.8, 4) is 0 Å². The lowest BCUT2D eigenvalue weighted by molar-refractivity contribution is -0.151. The molecule has 0 heterocycles. The van der Waals surface area contributed by atoms with Crippen LogP contribution in [0.5, 0.6) is 0 Å². The van der Waals surface area contributed by atoms with E-state index < -0.39 is 0 Å². The standard InChI is InChI=1S/C14H26O3/c1-14(2,3)10-11-4-6-12(7-5-11)13(16)17-9-8-15/h11-12,15H,4-10H2,1-3H3. The molecular weight excluding hydrogens is 216 g/mol. The van der Waals surface area contributed by atoms with Crippen LogP contribution >= 0.6 is 0 Å². The number of aliphatic hydroxyl groups is 1. The minimum absolute atomic E-state index is 0.0674. The van der Waals surface area contributed by atoms with Crippen LogP contribution in [0.25, 0.3) is 0 Å². The Morgan fingerprint density at radius 2 is 1.82 bits per heavy atom.